The molecule has 2 rings (SSSR count). The van der Waals surface area contributed by atoms with Crippen molar-refractivity contribution in [3.63, 3.8) is 0 Å². The van der Waals surface area contributed by atoms with Crippen LogP contribution in [0.25, 0.3) is 0 Å². The molecule has 0 saturated carbocycles. The van der Waals surface area contributed by atoms with Gasteiger partial charge in [-0.25, -0.2) is 0 Å². The van der Waals surface area contributed by atoms with Crippen LogP contribution in [0.1, 0.15) is 51.5 Å². The quantitative estimate of drug-likeness (QED) is 0.842. The van der Waals surface area contributed by atoms with E-state index >= 15 is 0 Å². The summed E-state index contributed by atoms with van der Waals surface area (Å²) in [4.78, 5) is 27.1. The van der Waals surface area contributed by atoms with Gasteiger partial charge in [0.2, 0.25) is 0 Å². The highest BCUT2D eigenvalue weighted by Gasteiger charge is 2.20. The molecule has 0 aliphatic carbocycles. The van der Waals surface area contributed by atoms with Crippen LogP contribution < -0.4 is 5.32 Å². The van der Waals surface area contributed by atoms with Crippen LogP contribution >= 0.6 is 0 Å². The number of hydrogen-bond donors (Lipinski definition) is 2. The van der Waals surface area contributed by atoms with E-state index in [1.54, 1.807) is 13.8 Å². The lowest BCUT2D eigenvalue weighted by molar-refractivity contribution is 0.101. The van der Waals surface area contributed by atoms with Crippen LogP contribution in [0, 0.1) is 13.8 Å². The van der Waals surface area contributed by atoms with Crippen molar-refractivity contribution >= 4 is 17.4 Å². The van der Waals surface area contributed by atoms with Crippen molar-refractivity contribution in [2.45, 2.75) is 34.1 Å². The number of aryl methyl sites for hydroxylation is 2. The number of anilines is 1. The summed E-state index contributed by atoms with van der Waals surface area (Å²) in [7, 11) is 0. The fraction of sp³-hybridized carbons (Fsp3) is 0.294. The molecule has 4 heteroatoms. The molecule has 0 bridgehead atoms. The summed E-state index contributed by atoms with van der Waals surface area (Å²) in [6.07, 6.45) is 0.845. The maximum absolute atomic E-state index is 12.4. The molecule has 1 heterocycles. The molecule has 2 N–H and O–H groups in total. The van der Waals surface area contributed by atoms with Gasteiger partial charge in [0, 0.05) is 16.9 Å². The number of ketones is 1. The summed E-state index contributed by atoms with van der Waals surface area (Å²) in [5.74, 6) is -0.252. The van der Waals surface area contributed by atoms with Crippen LogP contribution in [-0.2, 0) is 6.42 Å². The Hall–Kier alpha value is -2.36. The first-order valence-electron chi connectivity index (χ1n) is 7.05. The smallest absolute Gasteiger partial charge is 0.272 e. The fourth-order valence-electron chi connectivity index (χ4n) is 2.64. The molecule has 1 aromatic carbocycles. The number of para-hydroxylation sites is 1. The average Bonchev–Trinajstić information content (AvgIpc) is 2.74. The molecule has 0 aliphatic heterocycles. The maximum atomic E-state index is 12.4. The van der Waals surface area contributed by atoms with Crippen LogP contribution in [0.2, 0.25) is 0 Å². The summed E-state index contributed by atoms with van der Waals surface area (Å²) >= 11 is 0. The lowest BCUT2D eigenvalue weighted by Gasteiger charge is -2.09. The predicted octanol–water partition coefficient (Wildman–Crippen LogP) is 3.65. The van der Waals surface area contributed by atoms with Gasteiger partial charge < -0.3 is 10.3 Å². The standard InChI is InChI=1S/C17H20N2O2/c1-5-13-8-6-7-9-14(13)19-17(21)16-10(2)15(12(4)20)11(3)18-16/h6-9,18H,5H2,1-4H3,(H,19,21). The van der Waals surface area contributed by atoms with Crippen molar-refractivity contribution < 1.29 is 9.59 Å². The normalized spacial score (nSPS) is 10.5. The van der Waals surface area contributed by atoms with Gasteiger partial charge in [-0.2, -0.15) is 0 Å². The second-order valence-corrected chi connectivity index (χ2v) is 5.15. The molecule has 2 aromatic rings. The molecule has 21 heavy (non-hydrogen) atoms. The van der Waals surface area contributed by atoms with Crippen LogP contribution in [0.4, 0.5) is 5.69 Å². The summed E-state index contributed by atoms with van der Waals surface area (Å²) in [5, 5.41) is 2.92. The Bertz CT molecular complexity index is 699. The minimum atomic E-state index is -0.219. The van der Waals surface area contributed by atoms with Gasteiger partial charge in [0.15, 0.2) is 5.78 Å². The third kappa shape index (κ3) is 2.89. The molecule has 1 aromatic heterocycles. The number of carbonyl (C=O) groups is 2. The third-order valence-electron chi connectivity index (χ3n) is 3.66. The number of rotatable bonds is 4. The van der Waals surface area contributed by atoms with E-state index < -0.39 is 0 Å². The molecule has 0 spiro atoms. The lowest BCUT2D eigenvalue weighted by Crippen LogP contribution is -2.15. The van der Waals surface area contributed by atoms with Crippen LogP contribution in [0.3, 0.4) is 0 Å². The van der Waals surface area contributed by atoms with Gasteiger partial charge in [-0.1, -0.05) is 25.1 Å². The summed E-state index contributed by atoms with van der Waals surface area (Å²) in [6, 6.07) is 7.71. The van der Waals surface area contributed by atoms with E-state index in [0.717, 1.165) is 23.4 Å². The zero-order chi connectivity index (χ0) is 15.6. The Balaban J connectivity index is 2.33. The molecule has 0 atom stereocenters. The predicted molar refractivity (Wildman–Crippen MR) is 84.0 cm³/mol. The molecular weight excluding hydrogens is 264 g/mol. The highest BCUT2D eigenvalue weighted by atomic mass is 16.2. The second-order valence-electron chi connectivity index (χ2n) is 5.15. The molecule has 110 valence electrons. The number of Topliss-reactive ketones (excluding diaryl/α,β-unsaturated/α-hetero) is 1. The Morgan fingerprint density at radius 2 is 1.86 bits per heavy atom. The first kappa shape index (κ1) is 15.0. The molecule has 4 nitrogen and oxygen atoms in total. The van der Waals surface area contributed by atoms with Crippen molar-refractivity contribution in [1.82, 2.24) is 4.98 Å². The van der Waals surface area contributed by atoms with Gasteiger partial charge in [0.25, 0.3) is 5.91 Å². The van der Waals surface area contributed by atoms with Crippen LogP contribution in [0.5, 0.6) is 0 Å². The number of H-pyrrole nitrogens is 1. The largest absolute Gasteiger partial charge is 0.354 e. The van der Waals surface area contributed by atoms with Crippen LogP contribution in [-0.4, -0.2) is 16.7 Å². The molecule has 0 unspecified atom stereocenters. The Morgan fingerprint density at radius 3 is 2.43 bits per heavy atom. The number of amides is 1. The summed E-state index contributed by atoms with van der Waals surface area (Å²) < 4.78 is 0. The SMILES string of the molecule is CCc1ccccc1NC(=O)c1[nH]c(C)c(C(C)=O)c1C. The van der Waals surface area contributed by atoms with E-state index in [1.807, 2.05) is 31.2 Å². The number of aromatic nitrogens is 1. The van der Waals surface area contributed by atoms with E-state index in [2.05, 4.69) is 10.3 Å². The Kier molecular flexibility index (Phi) is 4.26. The summed E-state index contributed by atoms with van der Waals surface area (Å²) in [6.45, 7) is 7.15. The minimum Gasteiger partial charge on any atom is -0.354 e. The third-order valence-corrected chi connectivity index (χ3v) is 3.66. The Morgan fingerprint density at radius 1 is 1.19 bits per heavy atom. The van der Waals surface area contributed by atoms with Crippen molar-refractivity contribution in [2.75, 3.05) is 5.32 Å². The topological polar surface area (TPSA) is 62.0 Å². The summed E-state index contributed by atoms with van der Waals surface area (Å²) in [5.41, 5.74) is 4.37. The van der Waals surface area contributed by atoms with Crippen molar-refractivity contribution in [3.8, 4) is 0 Å². The molecule has 0 fully saturated rings. The molecular formula is C17H20N2O2. The maximum Gasteiger partial charge on any atom is 0.272 e. The number of aromatic amines is 1. The van der Waals surface area contributed by atoms with E-state index in [4.69, 9.17) is 0 Å². The number of hydrogen-bond acceptors (Lipinski definition) is 2. The van der Waals surface area contributed by atoms with Gasteiger partial charge in [-0.05, 0) is 44.4 Å². The number of carbonyl (C=O) groups excluding carboxylic acids is 2. The number of benzene rings is 1. The van der Waals surface area contributed by atoms with Gasteiger partial charge in [0.1, 0.15) is 5.69 Å². The van der Waals surface area contributed by atoms with E-state index in [0.29, 0.717) is 16.8 Å². The van der Waals surface area contributed by atoms with Gasteiger partial charge in [-0.15, -0.1) is 0 Å². The molecule has 1 amide bonds. The fourth-order valence-corrected chi connectivity index (χ4v) is 2.64. The zero-order valence-electron chi connectivity index (χ0n) is 12.8. The second kappa shape index (κ2) is 5.95. The first-order valence-corrected chi connectivity index (χ1v) is 7.05. The minimum absolute atomic E-state index is 0.0331. The molecule has 0 aliphatic rings. The van der Waals surface area contributed by atoms with E-state index in [1.165, 1.54) is 6.92 Å². The molecule has 0 saturated heterocycles. The highest BCUT2D eigenvalue weighted by Crippen LogP contribution is 2.21. The Labute approximate surface area is 124 Å². The highest BCUT2D eigenvalue weighted by molar-refractivity contribution is 6.07. The average molecular weight is 284 g/mol. The van der Waals surface area contributed by atoms with Crippen molar-refractivity contribution in [3.05, 3.63) is 52.3 Å². The number of nitrogens with one attached hydrogen (secondary N) is 2. The van der Waals surface area contributed by atoms with E-state index in [-0.39, 0.29) is 11.7 Å². The molecule has 0 radical (unpaired) electrons. The zero-order valence-corrected chi connectivity index (χ0v) is 12.8. The monoisotopic (exact) mass is 284 g/mol. The van der Waals surface area contributed by atoms with Gasteiger partial charge >= 0.3 is 0 Å². The van der Waals surface area contributed by atoms with Crippen LogP contribution in [0.15, 0.2) is 24.3 Å². The van der Waals surface area contributed by atoms with Gasteiger partial charge in [-0.3, -0.25) is 9.59 Å². The first-order chi connectivity index (χ1) is 9.95. The van der Waals surface area contributed by atoms with E-state index in [9.17, 15) is 9.59 Å². The van der Waals surface area contributed by atoms with Crippen molar-refractivity contribution in [2.24, 2.45) is 0 Å². The lowest BCUT2D eigenvalue weighted by atomic mass is 10.1. The van der Waals surface area contributed by atoms with Gasteiger partial charge in [0.05, 0.1) is 0 Å². The van der Waals surface area contributed by atoms with Crippen molar-refractivity contribution in [1.29, 1.82) is 0 Å².